The molecule has 0 fully saturated rings. The van der Waals surface area contributed by atoms with Crippen LogP contribution in [0.4, 0.5) is 4.39 Å². The van der Waals surface area contributed by atoms with E-state index in [1.54, 1.807) is 24.3 Å². The largest absolute Gasteiger partial charge is 0.346 e. The summed E-state index contributed by atoms with van der Waals surface area (Å²) in [4.78, 5) is 11.9. The van der Waals surface area contributed by atoms with Crippen LogP contribution in [0.1, 0.15) is 24.1 Å². The fraction of sp³-hybridized carbons (Fsp3) is 0.118. The molecule has 0 saturated heterocycles. The molecule has 0 aliphatic rings. The number of nitrogens with one attached hydrogen (secondary N) is 1. The van der Waals surface area contributed by atoms with E-state index < -0.39 is 0 Å². The van der Waals surface area contributed by atoms with Gasteiger partial charge in [-0.05, 0) is 42.3 Å². The van der Waals surface area contributed by atoms with Gasteiger partial charge in [-0.3, -0.25) is 4.79 Å². The zero-order valence-corrected chi connectivity index (χ0v) is 12.3. The summed E-state index contributed by atoms with van der Waals surface area (Å²) in [5.41, 5.74) is 1.62. The van der Waals surface area contributed by atoms with E-state index in [0.29, 0.717) is 5.02 Å². The molecule has 0 saturated carbocycles. The minimum absolute atomic E-state index is 0.200. The molecule has 1 atom stereocenters. The third-order valence-electron chi connectivity index (χ3n) is 3.05. The molecule has 2 aromatic carbocycles. The Hall–Kier alpha value is -2.13. The van der Waals surface area contributed by atoms with Crippen molar-refractivity contribution in [3.05, 3.63) is 76.6 Å². The van der Waals surface area contributed by atoms with E-state index in [9.17, 15) is 9.18 Å². The molecule has 108 valence electrons. The summed E-state index contributed by atoms with van der Waals surface area (Å²) in [7, 11) is 0. The average Bonchev–Trinajstić information content (AvgIpc) is 2.47. The molecular weight excluding hydrogens is 289 g/mol. The Morgan fingerprint density at radius 1 is 1.19 bits per heavy atom. The Morgan fingerprint density at radius 3 is 2.52 bits per heavy atom. The highest BCUT2D eigenvalue weighted by molar-refractivity contribution is 6.32. The maximum atomic E-state index is 12.8. The van der Waals surface area contributed by atoms with Gasteiger partial charge in [0.25, 0.3) is 0 Å². The zero-order chi connectivity index (χ0) is 15.2. The molecule has 0 radical (unpaired) electrons. The van der Waals surface area contributed by atoms with Gasteiger partial charge in [0.2, 0.25) is 5.91 Å². The first-order chi connectivity index (χ1) is 10.1. The number of carbonyl (C=O) groups is 1. The molecule has 0 aliphatic carbocycles. The number of benzene rings is 2. The van der Waals surface area contributed by atoms with Crippen molar-refractivity contribution in [2.24, 2.45) is 0 Å². The lowest BCUT2D eigenvalue weighted by atomic mass is 10.1. The van der Waals surface area contributed by atoms with E-state index in [0.717, 1.165) is 11.1 Å². The topological polar surface area (TPSA) is 29.1 Å². The van der Waals surface area contributed by atoms with Gasteiger partial charge >= 0.3 is 0 Å². The van der Waals surface area contributed by atoms with Crippen molar-refractivity contribution in [1.29, 1.82) is 0 Å². The monoisotopic (exact) mass is 303 g/mol. The van der Waals surface area contributed by atoms with Crippen molar-refractivity contribution in [3.63, 3.8) is 0 Å². The van der Waals surface area contributed by atoms with Crippen molar-refractivity contribution < 1.29 is 9.18 Å². The van der Waals surface area contributed by atoms with Crippen molar-refractivity contribution >= 4 is 23.6 Å². The van der Waals surface area contributed by atoms with Gasteiger partial charge < -0.3 is 5.32 Å². The van der Waals surface area contributed by atoms with Gasteiger partial charge in [-0.25, -0.2) is 4.39 Å². The van der Waals surface area contributed by atoms with Crippen LogP contribution in [0.2, 0.25) is 5.02 Å². The van der Waals surface area contributed by atoms with E-state index >= 15 is 0 Å². The van der Waals surface area contributed by atoms with Crippen LogP contribution in [0.3, 0.4) is 0 Å². The lowest BCUT2D eigenvalue weighted by molar-refractivity contribution is -0.117. The Kier molecular flexibility index (Phi) is 5.12. The fourth-order valence-corrected chi connectivity index (χ4v) is 2.07. The van der Waals surface area contributed by atoms with Crippen LogP contribution in [0.15, 0.2) is 54.6 Å². The van der Waals surface area contributed by atoms with Gasteiger partial charge in [-0.1, -0.05) is 41.9 Å². The van der Waals surface area contributed by atoms with E-state index in [1.807, 2.05) is 25.1 Å². The number of rotatable bonds is 4. The summed E-state index contributed by atoms with van der Waals surface area (Å²) < 4.78 is 12.8. The fourth-order valence-electron chi connectivity index (χ4n) is 1.87. The highest BCUT2D eigenvalue weighted by Gasteiger charge is 2.07. The summed E-state index contributed by atoms with van der Waals surface area (Å²) in [5, 5.41) is 3.40. The van der Waals surface area contributed by atoms with Gasteiger partial charge in [-0.15, -0.1) is 0 Å². The summed E-state index contributed by atoms with van der Waals surface area (Å²) in [6, 6.07) is 13.1. The van der Waals surface area contributed by atoms with Crippen molar-refractivity contribution in [1.82, 2.24) is 5.32 Å². The molecule has 2 aromatic rings. The second kappa shape index (κ2) is 7.04. The smallest absolute Gasteiger partial charge is 0.244 e. The second-order valence-corrected chi connectivity index (χ2v) is 5.04. The summed E-state index contributed by atoms with van der Waals surface area (Å²) in [6.45, 7) is 1.84. The minimum atomic E-state index is -0.295. The van der Waals surface area contributed by atoms with Gasteiger partial charge in [0.05, 0.1) is 6.04 Å². The third kappa shape index (κ3) is 4.43. The molecule has 1 N–H and O–H groups in total. The van der Waals surface area contributed by atoms with Crippen molar-refractivity contribution in [2.75, 3.05) is 0 Å². The van der Waals surface area contributed by atoms with E-state index in [4.69, 9.17) is 11.6 Å². The molecule has 2 nitrogen and oxygen atoms in total. The number of hydrogen-bond acceptors (Lipinski definition) is 1. The van der Waals surface area contributed by atoms with Crippen LogP contribution in [0.5, 0.6) is 0 Å². The lowest BCUT2D eigenvalue weighted by Gasteiger charge is -2.12. The normalized spacial score (nSPS) is 12.3. The van der Waals surface area contributed by atoms with E-state index in [-0.39, 0.29) is 17.8 Å². The first-order valence-electron chi connectivity index (χ1n) is 6.55. The van der Waals surface area contributed by atoms with Crippen LogP contribution in [0, 0.1) is 5.82 Å². The van der Waals surface area contributed by atoms with Gasteiger partial charge in [0.15, 0.2) is 0 Å². The Bertz CT molecular complexity index is 652. The average molecular weight is 304 g/mol. The van der Waals surface area contributed by atoms with Gasteiger partial charge in [-0.2, -0.15) is 0 Å². The lowest BCUT2D eigenvalue weighted by Crippen LogP contribution is -2.24. The molecule has 4 heteroatoms. The predicted octanol–water partition coefficient (Wildman–Crippen LogP) is 4.37. The second-order valence-electron chi connectivity index (χ2n) is 4.64. The minimum Gasteiger partial charge on any atom is -0.346 e. The van der Waals surface area contributed by atoms with Crippen LogP contribution >= 0.6 is 11.6 Å². The van der Waals surface area contributed by atoms with Gasteiger partial charge in [0, 0.05) is 11.1 Å². The molecule has 2 rings (SSSR count). The maximum absolute atomic E-state index is 12.8. The molecule has 21 heavy (non-hydrogen) atoms. The molecule has 0 aromatic heterocycles. The van der Waals surface area contributed by atoms with Crippen LogP contribution in [-0.4, -0.2) is 5.91 Å². The predicted molar refractivity (Wildman–Crippen MR) is 83.4 cm³/mol. The van der Waals surface area contributed by atoms with Crippen LogP contribution in [-0.2, 0) is 4.79 Å². The standard InChI is InChI=1S/C17H15ClFNO/c1-12(13-6-9-15(19)10-7-13)20-17(21)11-8-14-4-2-3-5-16(14)18/h2-12H,1H3,(H,20,21)/b11-8+/t12-/m0/s1. The SMILES string of the molecule is C[C@H](NC(=O)/C=C/c1ccccc1Cl)c1ccc(F)cc1. The van der Waals surface area contributed by atoms with Crippen LogP contribution in [0.25, 0.3) is 6.08 Å². The molecule has 0 heterocycles. The Labute approximate surface area is 128 Å². The first-order valence-corrected chi connectivity index (χ1v) is 6.92. The first kappa shape index (κ1) is 15.3. The molecule has 0 aliphatic heterocycles. The molecule has 0 bridgehead atoms. The van der Waals surface area contributed by atoms with E-state index in [2.05, 4.69) is 5.32 Å². The number of carbonyl (C=O) groups excluding carboxylic acids is 1. The summed E-state index contributed by atoms with van der Waals surface area (Å²) in [6.07, 6.45) is 3.09. The Morgan fingerprint density at radius 2 is 1.86 bits per heavy atom. The van der Waals surface area contributed by atoms with Crippen LogP contribution < -0.4 is 5.32 Å². The third-order valence-corrected chi connectivity index (χ3v) is 3.39. The number of halogens is 2. The van der Waals surface area contributed by atoms with Gasteiger partial charge in [0.1, 0.15) is 5.82 Å². The quantitative estimate of drug-likeness (QED) is 0.835. The highest BCUT2D eigenvalue weighted by Crippen LogP contribution is 2.16. The van der Waals surface area contributed by atoms with E-state index in [1.165, 1.54) is 18.2 Å². The number of amides is 1. The molecule has 0 spiro atoms. The summed E-state index contributed by atoms with van der Waals surface area (Å²) >= 11 is 6.01. The molecule has 0 unspecified atom stereocenters. The highest BCUT2D eigenvalue weighted by atomic mass is 35.5. The Balaban J connectivity index is 1.98. The van der Waals surface area contributed by atoms with Crippen molar-refractivity contribution in [3.8, 4) is 0 Å². The maximum Gasteiger partial charge on any atom is 0.244 e. The molecule has 1 amide bonds. The zero-order valence-electron chi connectivity index (χ0n) is 11.5. The van der Waals surface area contributed by atoms with Crippen molar-refractivity contribution in [2.45, 2.75) is 13.0 Å². The number of hydrogen-bond donors (Lipinski definition) is 1. The summed E-state index contributed by atoms with van der Waals surface area (Å²) in [5.74, 6) is -0.525. The molecular formula is C17H15ClFNO.